The third-order valence-electron chi connectivity index (χ3n) is 10.2. The molecule has 0 aliphatic rings. The van der Waals surface area contributed by atoms with E-state index in [0.717, 1.165) is 39.0 Å². The molecule has 0 aliphatic carbocycles. The van der Waals surface area contributed by atoms with E-state index in [1.54, 1.807) is 0 Å². The van der Waals surface area contributed by atoms with Crippen LogP contribution < -0.4 is 4.90 Å². The Kier molecular flexibility index (Phi) is 7.18. The lowest BCUT2D eigenvalue weighted by atomic mass is 9.91. The molecule has 0 atom stereocenters. The molecule has 0 saturated heterocycles. The van der Waals surface area contributed by atoms with Crippen LogP contribution in [-0.2, 0) is 0 Å². The van der Waals surface area contributed by atoms with Crippen LogP contribution in [0.5, 0.6) is 0 Å². The minimum Gasteiger partial charge on any atom is -0.456 e. The van der Waals surface area contributed by atoms with Crippen molar-refractivity contribution in [2.45, 2.75) is 0 Å². The highest BCUT2D eigenvalue weighted by Crippen LogP contribution is 2.43. The zero-order chi connectivity index (χ0) is 34.4. The summed E-state index contributed by atoms with van der Waals surface area (Å²) in [5.41, 5.74) is 12.2. The first-order valence-electron chi connectivity index (χ1n) is 17.8. The lowest BCUT2D eigenvalue weighted by molar-refractivity contribution is 0.669. The molecule has 244 valence electrons. The molecule has 0 amide bonds. The number of hydrogen-bond acceptors (Lipinski definition) is 2. The molecule has 0 bridgehead atoms. The number of nitrogens with zero attached hydrogens (tertiary/aromatic N) is 1. The number of benzene rings is 9. The zero-order valence-corrected chi connectivity index (χ0v) is 28.4. The van der Waals surface area contributed by atoms with Gasteiger partial charge < -0.3 is 9.32 Å². The molecule has 9 aromatic carbocycles. The van der Waals surface area contributed by atoms with Crippen molar-refractivity contribution in [2.24, 2.45) is 0 Å². The number of para-hydroxylation sites is 2. The van der Waals surface area contributed by atoms with Crippen molar-refractivity contribution in [3.05, 3.63) is 200 Å². The monoisotopic (exact) mass is 663 g/mol. The van der Waals surface area contributed by atoms with Crippen molar-refractivity contribution >= 4 is 60.5 Å². The topological polar surface area (TPSA) is 16.4 Å². The Morgan fingerprint density at radius 3 is 1.62 bits per heavy atom. The van der Waals surface area contributed by atoms with E-state index in [9.17, 15) is 0 Å². The highest BCUT2D eigenvalue weighted by molar-refractivity contribution is 6.22. The van der Waals surface area contributed by atoms with Gasteiger partial charge in [-0.05, 0) is 116 Å². The van der Waals surface area contributed by atoms with Gasteiger partial charge >= 0.3 is 0 Å². The Labute approximate surface area is 302 Å². The van der Waals surface area contributed by atoms with Gasteiger partial charge in [-0.1, -0.05) is 140 Å². The summed E-state index contributed by atoms with van der Waals surface area (Å²) in [6.07, 6.45) is 0. The van der Waals surface area contributed by atoms with Gasteiger partial charge in [-0.25, -0.2) is 0 Å². The van der Waals surface area contributed by atoms with Crippen LogP contribution in [0, 0.1) is 0 Å². The molecule has 52 heavy (non-hydrogen) atoms. The smallest absolute Gasteiger partial charge is 0.136 e. The van der Waals surface area contributed by atoms with E-state index in [4.69, 9.17) is 4.42 Å². The Morgan fingerprint density at radius 2 is 0.865 bits per heavy atom. The first-order chi connectivity index (χ1) is 25.8. The Bertz CT molecular complexity index is 2870. The summed E-state index contributed by atoms with van der Waals surface area (Å²) < 4.78 is 6.46. The molecular weight excluding hydrogens is 631 g/mol. The van der Waals surface area contributed by atoms with Crippen LogP contribution >= 0.6 is 0 Å². The zero-order valence-electron chi connectivity index (χ0n) is 28.4. The highest BCUT2D eigenvalue weighted by Gasteiger charge is 2.17. The van der Waals surface area contributed by atoms with Gasteiger partial charge in [0.05, 0.1) is 0 Å². The van der Waals surface area contributed by atoms with Crippen molar-refractivity contribution in [1.82, 2.24) is 0 Å². The molecule has 2 nitrogen and oxygen atoms in total. The summed E-state index contributed by atoms with van der Waals surface area (Å²) >= 11 is 0. The number of rotatable bonds is 6. The van der Waals surface area contributed by atoms with Crippen molar-refractivity contribution in [3.63, 3.8) is 0 Å². The van der Waals surface area contributed by atoms with Gasteiger partial charge in [0.2, 0.25) is 0 Å². The summed E-state index contributed by atoms with van der Waals surface area (Å²) in [5, 5.41) is 7.16. The molecule has 0 radical (unpaired) electrons. The fourth-order valence-corrected chi connectivity index (χ4v) is 7.67. The molecule has 10 aromatic rings. The lowest BCUT2D eigenvalue weighted by Gasteiger charge is -2.26. The van der Waals surface area contributed by atoms with E-state index in [1.807, 2.05) is 6.07 Å². The fourth-order valence-electron chi connectivity index (χ4n) is 7.67. The van der Waals surface area contributed by atoms with Gasteiger partial charge in [-0.15, -0.1) is 0 Å². The molecule has 0 spiro atoms. The van der Waals surface area contributed by atoms with Crippen molar-refractivity contribution < 1.29 is 4.42 Å². The predicted molar refractivity (Wildman–Crippen MR) is 220 cm³/mol. The fraction of sp³-hybridized carbons (Fsp3) is 0. The van der Waals surface area contributed by atoms with Crippen LogP contribution in [0.3, 0.4) is 0 Å². The van der Waals surface area contributed by atoms with E-state index < -0.39 is 0 Å². The molecule has 1 aromatic heterocycles. The van der Waals surface area contributed by atoms with Gasteiger partial charge in [0.1, 0.15) is 11.2 Å². The second-order valence-electron chi connectivity index (χ2n) is 13.3. The van der Waals surface area contributed by atoms with E-state index >= 15 is 0 Å². The number of fused-ring (bicyclic) bond motifs is 6. The molecule has 2 heteroatoms. The summed E-state index contributed by atoms with van der Waals surface area (Å²) in [7, 11) is 0. The summed E-state index contributed by atoms with van der Waals surface area (Å²) in [6, 6.07) is 71.6. The maximum absolute atomic E-state index is 6.46. The van der Waals surface area contributed by atoms with Crippen LogP contribution in [0.2, 0.25) is 0 Å². The van der Waals surface area contributed by atoms with Gasteiger partial charge in [0.25, 0.3) is 0 Å². The maximum Gasteiger partial charge on any atom is 0.136 e. The Balaban J connectivity index is 1.09. The van der Waals surface area contributed by atoms with Gasteiger partial charge in [-0.3, -0.25) is 0 Å². The predicted octanol–water partition coefficient (Wildman–Crippen LogP) is 14.4. The summed E-state index contributed by atoms with van der Waals surface area (Å²) in [4.78, 5) is 2.32. The maximum atomic E-state index is 6.46. The second-order valence-corrected chi connectivity index (χ2v) is 13.3. The first-order valence-corrected chi connectivity index (χ1v) is 17.8. The normalized spacial score (nSPS) is 11.5. The molecule has 10 rings (SSSR count). The first kappa shape index (κ1) is 30.0. The molecule has 0 aliphatic heterocycles. The average Bonchev–Trinajstić information content (AvgIpc) is 3.60. The molecule has 0 unspecified atom stereocenters. The Hall–Kier alpha value is -6.90. The van der Waals surface area contributed by atoms with E-state index in [0.29, 0.717) is 0 Å². The van der Waals surface area contributed by atoms with Gasteiger partial charge in [-0.2, -0.15) is 0 Å². The van der Waals surface area contributed by atoms with Crippen molar-refractivity contribution in [1.29, 1.82) is 0 Å². The van der Waals surface area contributed by atoms with Crippen LogP contribution in [0.15, 0.2) is 205 Å². The summed E-state index contributed by atoms with van der Waals surface area (Å²) in [6.45, 7) is 0. The molecule has 0 saturated carbocycles. The van der Waals surface area contributed by atoms with Gasteiger partial charge in [0.15, 0.2) is 0 Å². The highest BCUT2D eigenvalue weighted by atomic mass is 16.3. The van der Waals surface area contributed by atoms with Crippen LogP contribution in [-0.4, -0.2) is 0 Å². The third-order valence-corrected chi connectivity index (χ3v) is 10.2. The largest absolute Gasteiger partial charge is 0.456 e. The lowest BCUT2D eigenvalue weighted by Crippen LogP contribution is -2.09. The summed E-state index contributed by atoms with van der Waals surface area (Å²) in [5.74, 6) is 0. The number of anilines is 3. The second kappa shape index (κ2) is 12.5. The Morgan fingerprint density at radius 1 is 0.308 bits per heavy atom. The van der Waals surface area contributed by atoms with Crippen LogP contribution in [0.1, 0.15) is 0 Å². The van der Waals surface area contributed by atoms with E-state index in [2.05, 4.69) is 199 Å². The van der Waals surface area contributed by atoms with Crippen LogP contribution in [0.25, 0.3) is 76.9 Å². The van der Waals surface area contributed by atoms with Crippen molar-refractivity contribution in [3.8, 4) is 33.4 Å². The van der Waals surface area contributed by atoms with Gasteiger partial charge in [0, 0.05) is 27.8 Å². The molecular formula is C50H33NO. The van der Waals surface area contributed by atoms with E-state index in [-0.39, 0.29) is 0 Å². The van der Waals surface area contributed by atoms with Crippen molar-refractivity contribution in [2.75, 3.05) is 4.90 Å². The SMILES string of the molecule is c1ccc(-c2ccc(N(c3ccccc3)c3ccc(-c4ccc5c(c4)c(-c4ccc6ccccc6c4)cc4oc6ccccc6c45)cc3)cc2)cc1. The number of hydrogen-bond donors (Lipinski definition) is 0. The minimum absolute atomic E-state index is 0.909. The molecule has 0 N–H and O–H groups in total. The van der Waals surface area contributed by atoms with E-state index in [1.165, 1.54) is 54.9 Å². The number of furan rings is 1. The average molecular weight is 664 g/mol. The quantitative estimate of drug-likeness (QED) is 0.176. The molecule has 0 fully saturated rings. The van der Waals surface area contributed by atoms with Crippen LogP contribution in [0.4, 0.5) is 17.1 Å². The standard InChI is InChI=1S/C50H33NO/c1-3-11-34(12-4-1)36-21-26-42(27-22-36)51(41-15-5-2-6-16-41)43-28-23-37(24-29-43)39-25-30-44-47(32-39)46(40-20-19-35-13-7-8-14-38(35)31-40)33-49-50(44)45-17-9-10-18-48(45)52-49/h1-33H. The minimum atomic E-state index is 0.909. The molecule has 1 heterocycles. The third kappa shape index (κ3) is 5.21.